The Hall–Kier alpha value is -1.51. The summed E-state index contributed by atoms with van der Waals surface area (Å²) < 4.78 is 3.96. The highest BCUT2D eigenvalue weighted by Crippen LogP contribution is 1.98. The fourth-order valence-electron chi connectivity index (χ4n) is 1.95. The molecule has 0 radical (unpaired) electrons. The molecular formula is C14H23IN6. The normalized spacial score (nSPS) is 11.1. The van der Waals surface area contributed by atoms with Gasteiger partial charge in [-0.15, -0.1) is 24.0 Å². The van der Waals surface area contributed by atoms with Gasteiger partial charge in [0.25, 0.3) is 0 Å². The second-order valence-electron chi connectivity index (χ2n) is 4.82. The van der Waals surface area contributed by atoms with Gasteiger partial charge in [0, 0.05) is 45.8 Å². The van der Waals surface area contributed by atoms with Gasteiger partial charge in [0.1, 0.15) is 0 Å². The minimum Gasteiger partial charge on any atom is -0.357 e. The van der Waals surface area contributed by atoms with Gasteiger partial charge in [0.15, 0.2) is 5.96 Å². The molecule has 0 aliphatic carbocycles. The van der Waals surface area contributed by atoms with Crippen molar-refractivity contribution < 1.29 is 0 Å². The third-order valence-electron chi connectivity index (χ3n) is 2.97. The quantitative estimate of drug-likeness (QED) is 0.453. The lowest BCUT2D eigenvalue weighted by Gasteiger charge is -2.11. The first-order valence-corrected chi connectivity index (χ1v) is 6.72. The summed E-state index contributed by atoms with van der Waals surface area (Å²) in [5, 5.41) is 10.8. The van der Waals surface area contributed by atoms with Crippen molar-refractivity contribution in [2.45, 2.75) is 20.0 Å². The van der Waals surface area contributed by atoms with Crippen LogP contribution in [0.4, 0.5) is 0 Å². The van der Waals surface area contributed by atoms with Crippen LogP contribution in [0.15, 0.2) is 35.8 Å². The molecule has 0 unspecified atom stereocenters. The molecule has 0 aliphatic rings. The number of nitrogens with one attached hydrogen (secondary N) is 2. The van der Waals surface area contributed by atoms with Crippen molar-refractivity contribution in [2.24, 2.45) is 12.0 Å². The fraction of sp³-hybridized carbons (Fsp3) is 0.429. The van der Waals surface area contributed by atoms with E-state index in [1.54, 1.807) is 7.05 Å². The van der Waals surface area contributed by atoms with Gasteiger partial charge < -0.3 is 15.2 Å². The summed E-state index contributed by atoms with van der Waals surface area (Å²) in [6.07, 6.45) is 8.02. The summed E-state index contributed by atoms with van der Waals surface area (Å²) in [7, 11) is 3.79. The summed E-state index contributed by atoms with van der Waals surface area (Å²) in [5.41, 5.74) is 2.41. The maximum atomic E-state index is 4.25. The predicted octanol–water partition coefficient (Wildman–Crippen LogP) is 1.51. The Balaban J connectivity index is 0.00000220. The summed E-state index contributed by atoms with van der Waals surface area (Å²) in [5.74, 6) is 0.803. The molecule has 2 rings (SSSR count). The second kappa shape index (κ2) is 8.71. The first-order valence-electron chi connectivity index (χ1n) is 6.72. The molecule has 7 heteroatoms. The predicted molar refractivity (Wildman–Crippen MR) is 96.0 cm³/mol. The van der Waals surface area contributed by atoms with Crippen molar-refractivity contribution in [3.63, 3.8) is 0 Å². The zero-order chi connectivity index (χ0) is 14.4. The molecule has 2 heterocycles. The Kier molecular flexibility index (Phi) is 7.27. The molecule has 21 heavy (non-hydrogen) atoms. The van der Waals surface area contributed by atoms with Crippen molar-refractivity contribution in [3.8, 4) is 0 Å². The van der Waals surface area contributed by atoms with E-state index in [1.807, 2.05) is 41.8 Å². The Morgan fingerprint density at radius 1 is 1.33 bits per heavy atom. The average molecular weight is 402 g/mol. The minimum absolute atomic E-state index is 0. The van der Waals surface area contributed by atoms with E-state index in [1.165, 1.54) is 11.1 Å². The van der Waals surface area contributed by atoms with Crippen LogP contribution in [0.5, 0.6) is 0 Å². The molecule has 0 aliphatic heterocycles. The van der Waals surface area contributed by atoms with E-state index >= 15 is 0 Å². The summed E-state index contributed by atoms with van der Waals surface area (Å²) >= 11 is 0. The standard InChI is InChI=1S/C14H22N6.HI/c1-12-8-18-20(10-12)7-5-16-14(15-2)17-9-13-4-6-19(3)11-13;/h4,6,8,10-11H,5,7,9H2,1-3H3,(H2,15,16,17);1H. The molecule has 0 bridgehead atoms. The second-order valence-corrected chi connectivity index (χ2v) is 4.82. The van der Waals surface area contributed by atoms with Crippen LogP contribution in [-0.2, 0) is 20.1 Å². The third kappa shape index (κ3) is 5.78. The van der Waals surface area contributed by atoms with Crippen LogP contribution in [0.1, 0.15) is 11.1 Å². The SMILES string of the molecule is CN=C(NCCn1cc(C)cn1)NCc1ccn(C)c1.I. The number of rotatable bonds is 5. The lowest BCUT2D eigenvalue weighted by Crippen LogP contribution is -2.38. The molecule has 2 aromatic rings. The summed E-state index contributed by atoms with van der Waals surface area (Å²) in [6.45, 7) is 4.41. The van der Waals surface area contributed by atoms with Crippen molar-refractivity contribution in [2.75, 3.05) is 13.6 Å². The van der Waals surface area contributed by atoms with E-state index in [4.69, 9.17) is 0 Å². The molecule has 0 aromatic carbocycles. The Morgan fingerprint density at radius 3 is 2.71 bits per heavy atom. The van der Waals surface area contributed by atoms with Gasteiger partial charge in [-0.05, 0) is 24.1 Å². The molecule has 2 aromatic heterocycles. The highest BCUT2D eigenvalue weighted by atomic mass is 127. The molecule has 0 fully saturated rings. The first kappa shape index (κ1) is 17.5. The molecule has 0 saturated carbocycles. The third-order valence-corrected chi connectivity index (χ3v) is 2.97. The number of guanidine groups is 1. The number of aromatic nitrogens is 3. The van der Waals surface area contributed by atoms with Crippen LogP contribution < -0.4 is 10.6 Å². The van der Waals surface area contributed by atoms with Crippen molar-refractivity contribution >= 4 is 29.9 Å². The lowest BCUT2D eigenvalue weighted by atomic mass is 10.3. The highest BCUT2D eigenvalue weighted by molar-refractivity contribution is 14.0. The smallest absolute Gasteiger partial charge is 0.191 e. The van der Waals surface area contributed by atoms with Gasteiger partial charge in [-0.3, -0.25) is 9.67 Å². The van der Waals surface area contributed by atoms with Gasteiger partial charge in [0.05, 0.1) is 12.7 Å². The monoisotopic (exact) mass is 402 g/mol. The number of halogens is 1. The first-order chi connectivity index (χ1) is 9.67. The van der Waals surface area contributed by atoms with Gasteiger partial charge in [0.2, 0.25) is 0 Å². The Labute approximate surface area is 142 Å². The van der Waals surface area contributed by atoms with E-state index in [9.17, 15) is 0 Å². The van der Waals surface area contributed by atoms with Gasteiger partial charge in [-0.25, -0.2) is 0 Å². The zero-order valence-electron chi connectivity index (χ0n) is 12.7. The summed E-state index contributed by atoms with van der Waals surface area (Å²) in [4.78, 5) is 4.20. The van der Waals surface area contributed by atoms with Gasteiger partial charge in [-0.1, -0.05) is 0 Å². The van der Waals surface area contributed by atoms with Crippen LogP contribution in [0, 0.1) is 6.92 Å². The zero-order valence-corrected chi connectivity index (χ0v) is 15.0. The summed E-state index contributed by atoms with van der Waals surface area (Å²) in [6, 6.07) is 2.09. The van der Waals surface area contributed by atoms with E-state index in [2.05, 4.69) is 33.0 Å². The average Bonchev–Trinajstić information content (AvgIpc) is 3.02. The maximum Gasteiger partial charge on any atom is 0.191 e. The van der Waals surface area contributed by atoms with Gasteiger partial charge in [-0.2, -0.15) is 5.10 Å². The van der Waals surface area contributed by atoms with Gasteiger partial charge >= 0.3 is 0 Å². The van der Waals surface area contributed by atoms with Crippen molar-refractivity contribution in [3.05, 3.63) is 42.0 Å². The van der Waals surface area contributed by atoms with Crippen LogP contribution in [0.3, 0.4) is 0 Å². The molecule has 0 spiro atoms. The molecule has 0 atom stereocenters. The minimum atomic E-state index is 0. The lowest BCUT2D eigenvalue weighted by molar-refractivity contribution is 0.597. The van der Waals surface area contributed by atoms with Crippen molar-refractivity contribution in [1.29, 1.82) is 0 Å². The highest BCUT2D eigenvalue weighted by Gasteiger charge is 1.99. The number of hydrogen-bond donors (Lipinski definition) is 2. The van der Waals surface area contributed by atoms with Crippen LogP contribution in [-0.4, -0.2) is 33.9 Å². The van der Waals surface area contributed by atoms with E-state index in [0.29, 0.717) is 0 Å². The number of aryl methyl sites for hydroxylation is 2. The largest absolute Gasteiger partial charge is 0.357 e. The maximum absolute atomic E-state index is 4.25. The van der Waals surface area contributed by atoms with Crippen LogP contribution in [0.2, 0.25) is 0 Å². The Morgan fingerprint density at radius 2 is 2.14 bits per heavy atom. The molecule has 0 amide bonds. The van der Waals surface area contributed by atoms with E-state index in [0.717, 1.165) is 25.6 Å². The van der Waals surface area contributed by atoms with E-state index in [-0.39, 0.29) is 24.0 Å². The number of nitrogens with zero attached hydrogens (tertiary/aromatic N) is 4. The molecular weight excluding hydrogens is 379 g/mol. The Bertz CT molecular complexity index is 572. The van der Waals surface area contributed by atoms with Crippen LogP contribution >= 0.6 is 24.0 Å². The van der Waals surface area contributed by atoms with Crippen LogP contribution in [0.25, 0.3) is 0 Å². The topological polar surface area (TPSA) is 59.2 Å². The van der Waals surface area contributed by atoms with Crippen molar-refractivity contribution in [1.82, 2.24) is 25.0 Å². The fourth-order valence-corrected chi connectivity index (χ4v) is 1.95. The molecule has 116 valence electrons. The number of aliphatic imine (C=N–C) groups is 1. The number of hydrogen-bond acceptors (Lipinski definition) is 2. The molecule has 6 nitrogen and oxygen atoms in total. The molecule has 2 N–H and O–H groups in total. The molecule has 0 saturated heterocycles. The van der Waals surface area contributed by atoms with E-state index < -0.39 is 0 Å².